The largest absolute Gasteiger partial charge is 0.463 e. The number of fused-ring (bicyclic) bond motifs is 5. The van der Waals surface area contributed by atoms with Crippen molar-refractivity contribution in [2.45, 2.75) is 92.1 Å². The lowest BCUT2D eigenvalue weighted by atomic mass is 9.47. The summed E-state index contributed by atoms with van der Waals surface area (Å²) in [6, 6.07) is 0. The molecule has 3 saturated carbocycles. The topological polar surface area (TPSA) is 43.4 Å². The Kier molecular flexibility index (Phi) is 4.83. The lowest BCUT2D eigenvalue weighted by molar-refractivity contribution is -0.152. The molecule has 0 N–H and O–H groups in total. The number of hydrogen-bond donors (Lipinski definition) is 0. The smallest absolute Gasteiger partial charge is 0.302 e. The Morgan fingerprint density at radius 2 is 1.79 bits per heavy atom. The lowest BCUT2D eigenvalue weighted by Gasteiger charge is -2.58. The van der Waals surface area contributed by atoms with Crippen LogP contribution >= 0.6 is 0 Å². The van der Waals surface area contributed by atoms with Gasteiger partial charge in [-0.05, 0) is 85.9 Å². The first-order valence-electron chi connectivity index (χ1n) is 11.5. The molecule has 28 heavy (non-hydrogen) atoms. The standard InChI is InChI=1S/C25H38O3/c1-16(27)28-18-10-12-24(4)17(14-18)6-7-19-20-8-9-22(23(2,3)15-26)25(20,5)13-11-21(19)24/h7,15,17-18,20-22H,6,8-14H2,1-5H3/t17?,18-,20-,21-,22+,24-,25-/m0/s1. The summed E-state index contributed by atoms with van der Waals surface area (Å²) >= 11 is 0. The Balaban J connectivity index is 1.59. The van der Waals surface area contributed by atoms with Gasteiger partial charge in [0.05, 0.1) is 0 Å². The van der Waals surface area contributed by atoms with Gasteiger partial charge >= 0.3 is 5.97 Å². The molecule has 3 nitrogen and oxygen atoms in total. The van der Waals surface area contributed by atoms with Crippen LogP contribution in [0.25, 0.3) is 0 Å². The fraction of sp³-hybridized carbons (Fsp3) is 0.840. The van der Waals surface area contributed by atoms with E-state index in [9.17, 15) is 9.59 Å². The van der Waals surface area contributed by atoms with E-state index in [1.807, 2.05) is 0 Å². The van der Waals surface area contributed by atoms with E-state index in [0.29, 0.717) is 29.1 Å². The van der Waals surface area contributed by atoms with Gasteiger partial charge in [-0.15, -0.1) is 0 Å². The van der Waals surface area contributed by atoms with Crippen LogP contribution in [0.3, 0.4) is 0 Å². The first-order chi connectivity index (χ1) is 13.1. The van der Waals surface area contributed by atoms with Crippen molar-refractivity contribution in [2.24, 2.45) is 39.9 Å². The summed E-state index contributed by atoms with van der Waals surface area (Å²) in [5, 5.41) is 0. The van der Waals surface area contributed by atoms with Gasteiger partial charge in [0.1, 0.15) is 12.4 Å². The monoisotopic (exact) mass is 386 g/mol. The Hall–Kier alpha value is -1.12. The van der Waals surface area contributed by atoms with Crippen molar-refractivity contribution in [3.63, 3.8) is 0 Å². The van der Waals surface area contributed by atoms with Crippen molar-refractivity contribution < 1.29 is 14.3 Å². The highest BCUT2D eigenvalue weighted by Crippen LogP contribution is 2.67. The maximum absolute atomic E-state index is 11.8. The highest BCUT2D eigenvalue weighted by molar-refractivity contribution is 5.66. The predicted molar refractivity (Wildman–Crippen MR) is 111 cm³/mol. The second-order valence-electron chi connectivity index (χ2n) is 11.4. The minimum atomic E-state index is -0.222. The van der Waals surface area contributed by atoms with Crippen LogP contribution in [-0.4, -0.2) is 18.4 Å². The fourth-order valence-corrected chi connectivity index (χ4v) is 8.12. The summed E-state index contributed by atoms with van der Waals surface area (Å²) in [6.07, 6.45) is 13.2. The number of rotatable bonds is 3. The van der Waals surface area contributed by atoms with Gasteiger partial charge < -0.3 is 9.53 Å². The summed E-state index contributed by atoms with van der Waals surface area (Å²) in [7, 11) is 0. The average molecular weight is 387 g/mol. The van der Waals surface area contributed by atoms with E-state index >= 15 is 0 Å². The molecule has 0 spiro atoms. The van der Waals surface area contributed by atoms with E-state index < -0.39 is 0 Å². The molecule has 1 unspecified atom stereocenters. The van der Waals surface area contributed by atoms with Gasteiger partial charge in [0.15, 0.2) is 0 Å². The number of ether oxygens (including phenoxy) is 1. The van der Waals surface area contributed by atoms with Crippen LogP contribution < -0.4 is 0 Å². The van der Waals surface area contributed by atoms with Gasteiger partial charge in [0.25, 0.3) is 0 Å². The summed E-state index contributed by atoms with van der Waals surface area (Å²) in [6.45, 7) is 10.8. The SMILES string of the molecule is CC(=O)O[C@H]1CC[C@@]2(C)C(CC=C3[C@@H]4CC[C@H](C(C)(C)C=O)[C@@]4(C)CC[C@@H]32)C1. The number of carbonyl (C=O) groups excluding carboxylic acids is 2. The van der Waals surface area contributed by atoms with E-state index in [2.05, 4.69) is 33.8 Å². The number of carbonyl (C=O) groups is 2. The van der Waals surface area contributed by atoms with Crippen molar-refractivity contribution in [3.05, 3.63) is 11.6 Å². The minimum Gasteiger partial charge on any atom is -0.463 e. The number of hydrogen-bond acceptors (Lipinski definition) is 3. The maximum atomic E-state index is 11.8. The molecule has 0 radical (unpaired) electrons. The molecule has 0 aromatic rings. The van der Waals surface area contributed by atoms with E-state index in [-0.39, 0.29) is 22.9 Å². The lowest BCUT2D eigenvalue weighted by Crippen LogP contribution is -2.51. The maximum Gasteiger partial charge on any atom is 0.302 e. The summed E-state index contributed by atoms with van der Waals surface area (Å²) < 4.78 is 5.58. The molecule has 3 heteroatoms. The van der Waals surface area contributed by atoms with Crippen molar-refractivity contribution in [1.29, 1.82) is 0 Å². The predicted octanol–water partition coefficient (Wildman–Crippen LogP) is 5.72. The molecule has 4 aliphatic rings. The Morgan fingerprint density at radius 1 is 1.11 bits per heavy atom. The van der Waals surface area contributed by atoms with Crippen LogP contribution in [0.5, 0.6) is 0 Å². The Morgan fingerprint density at radius 3 is 2.46 bits per heavy atom. The molecular weight excluding hydrogens is 348 g/mol. The zero-order valence-electron chi connectivity index (χ0n) is 18.4. The third-order valence-corrected chi connectivity index (χ3v) is 9.57. The van der Waals surface area contributed by atoms with E-state index in [1.165, 1.54) is 45.3 Å². The quantitative estimate of drug-likeness (QED) is 0.354. The van der Waals surface area contributed by atoms with Gasteiger partial charge in [-0.1, -0.05) is 39.3 Å². The summed E-state index contributed by atoms with van der Waals surface area (Å²) in [4.78, 5) is 23.2. The van der Waals surface area contributed by atoms with Gasteiger partial charge in [0, 0.05) is 12.3 Å². The van der Waals surface area contributed by atoms with Crippen molar-refractivity contribution >= 4 is 12.3 Å². The highest BCUT2D eigenvalue weighted by atomic mass is 16.5. The molecule has 4 rings (SSSR count). The van der Waals surface area contributed by atoms with Gasteiger partial charge in [-0.2, -0.15) is 0 Å². The fourth-order valence-electron chi connectivity index (χ4n) is 8.12. The molecule has 0 aromatic carbocycles. The van der Waals surface area contributed by atoms with E-state index in [0.717, 1.165) is 19.3 Å². The first kappa shape index (κ1) is 20.2. The van der Waals surface area contributed by atoms with Gasteiger partial charge in [0.2, 0.25) is 0 Å². The number of aldehydes is 1. The normalized spacial score (nSPS) is 45.3. The number of esters is 1. The molecule has 0 aromatic heterocycles. The Bertz CT molecular complexity index is 692. The van der Waals surface area contributed by atoms with Crippen LogP contribution in [0.15, 0.2) is 11.6 Å². The number of allylic oxidation sites excluding steroid dienone is 2. The van der Waals surface area contributed by atoms with E-state index in [4.69, 9.17) is 4.74 Å². The third kappa shape index (κ3) is 2.91. The zero-order valence-corrected chi connectivity index (χ0v) is 18.4. The van der Waals surface area contributed by atoms with Crippen molar-refractivity contribution in [2.75, 3.05) is 0 Å². The molecular formula is C25H38O3. The molecule has 0 amide bonds. The van der Waals surface area contributed by atoms with Crippen molar-refractivity contribution in [3.8, 4) is 0 Å². The third-order valence-electron chi connectivity index (χ3n) is 9.57. The molecule has 156 valence electrons. The Labute approximate surface area is 170 Å². The average Bonchev–Trinajstić information content (AvgIpc) is 2.99. The van der Waals surface area contributed by atoms with Gasteiger partial charge in [-0.3, -0.25) is 4.79 Å². The first-order valence-corrected chi connectivity index (χ1v) is 11.5. The molecule has 3 fully saturated rings. The van der Waals surface area contributed by atoms with Gasteiger partial charge in [-0.25, -0.2) is 0 Å². The second kappa shape index (κ2) is 6.71. The molecule has 7 atom stereocenters. The van der Waals surface area contributed by atoms with Crippen LogP contribution in [0.4, 0.5) is 0 Å². The molecule has 0 heterocycles. The highest BCUT2D eigenvalue weighted by Gasteiger charge is 2.59. The van der Waals surface area contributed by atoms with Crippen LogP contribution in [0.2, 0.25) is 0 Å². The van der Waals surface area contributed by atoms with Crippen molar-refractivity contribution in [1.82, 2.24) is 0 Å². The molecule has 0 aliphatic heterocycles. The van der Waals surface area contributed by atoms with Crippen LogP contribution in [-0.2, 0) is 14.3 Å². The van der Waals surface area contributed by atoms with E-state index in [1.54, 1.807) is 5.57 Å². The molecule has 0 bridgehead atoms. The summed E-state index contributed by atoms with van der Waals surface area (Å²) in [5.41, 5.74) is 2.12. The summed E-state index contributed by atoms with van der Waals surface area (Å²) in [5.74, 6) is 2.32. The molecule has 4 aliphatic carbocycles. The second-order valence-corrected chi connectivity index (χ2v) is 11.4. The minimum absolute atomic E-state index is 0.114. The molecule has 0 saturated heterocycles. The zero-order chi connectivity index (χ0) is 20.3. The van der Waals surface area contributed by atoms with Crippen LogP contribution in [0.1, 0.15) is 86.0 Å². The van der Waals surface area contributed by atoms with Crippen LogP contribution in [0, 0.1) is 39.9 Å².